The van der Waals surface area contributed by atoms with E-state index >= 15 is 0 Å². The highest BCUT2D eigenvalue weighted by Gasteiger charge is 2.25. The van der Waals surface area contributed by atoms with Crippen LogP contribution in [0.3, 0.4) is 0 Å². The molecule has 4 nitrogen and oxygen atoms in total. The van der Waals surface area contributed by atoms with E-state index in [9.17, 15) is 4.79 Å². The normalized spacial score (nSPS) is 26.5. The van der Waals surface area contributed by atoms with Crippen molar-refractivity contribution in [2.24, 2.45) is 5.92 Å². The van der Waals surface area contributed by atoms with E-state index in [1.165, 1.54) is 4.90 Å². The SMILES string of the molecule is CC1C[NH+](C)C(C)C=C1NOC(=O)c1ccccc1. The lowest BCUT2D eigenvalue weighted by Crippen LogP contribution is -3.13. The highest BCUT2D eigenvalue weighted by molar-refractivity contribution is 5.89. The van der Waals surface area contributed by atoms with Gasteiger partial charge in [0, 0.05) is 5.92 Å². The summed E-state index contributed by atoms with van der Waals surface area (Å²) in [5.74, 6) is 0.00685. The van der Waals surface area contributed by atoms with E-state index < -0.39 is 0 Å². The number of carbonyl (C=O) groups excluding carboxylic acids is 1. The van der Waals surface area contributed by atoms with Gasteiger partial charge in [-0.1, -0.05) is 25.1 Å². The van der Waals surface area contributed by atoms with Crippen LogP contribution in [0, 0.1) is 5.92 Å². The summed E-state index contributed by atoms with van der Waals surface area (Å²) < 4.78 is 0. The van der Waals surface area contributed by atoms with Gasteiger partial charge in [-0.05, 0) is 25.1 Å². The number of nitrogens with one attached hydrogen (secondary N) is 2. The van der Waals surface area contributed by atoms with Crippen molar-refractivity contribution < 1.29 is 14.5 Å². The Labute approximate surface area is 114 Å². The highest BCUT2D eigenvalue weighted by atomic mass is 16.7. The van der Waals surface area contributed by atoms with Crippen molar-refractivity contribution in [2.75, 3.05) is 13.6 Å². The van der Waals surface area contributed by atoms with Crippen molar-refractivity contribution >= 4 is 5.97 Å². The fourth-order valence-electron chi connectivity index (χ4n) is 2.23. The Hall–Kier alpha value is -1.81. The summed E-state index contributed by atoms with van der Waals surface area (Å²) in [4.78, 5) is 18.4. The molecule has 3 unspecified atom stereocenters. The van der Waals surface area contributed by atoms with Crippen LogP contribution in [0.1, 0.15) is 24.2 Å². The molecule has 1 aromatic rings. The Kier molecular flexibility index (Phi) is 4.22. The van der Waals surface area contributed by atoms with E-state index in [0.717, 1.165) is 12.2 Å². The van der Waals surface area contributed by atoms with Crippen LogP contribution in [-0.2, 0) is 4.84 Å². The summed E-state index contributed by atoms with van der Waals surface area (Å²) in [5, 5.41) is 0. The van der Waals surface area contributed by atoms with Crippen LogP contribution in [0.4, 0.5) is 0 Å². The van der Waals surface area contributed by atoms with Crippen LogP contribution in [-0.4, -0.2) is 25.6 Å². The quantitative estimate of drug-likeness (QED) is 0.790. The summed E-state index contributed by atoms with van der Waals surface area (Å²) in [5.41, 5.74) is 4.36. The maximum atomic E-state index is 11.8. The first-order chi connectivity index (χ1) is 9.08. The van der Waals surface area contributed by atoms with Gasteiger partial charge in [-0.25, -0.2) is 10.3 Å². The van der Waals surface area contributed by atoms with Crippen molar-refractivity contribution in [1.29, 1.82) is 0 Å². The standard InChI is InChI=1S/C15H20N2O2/c1-11-10-17(3)12(2)9-14(11)16-19-15(18)13-7-5-4-6-8-13/h4-9,11-12,16H,10H2,1-3H3/p+1. The van der Waals surface area contributed by atoms with E-state index in [4.69, 9.17) is 4.84 Å². The number of benzene rings is 1. The number of hydrogen-bond donors (Lipinski definition) is 2. The van der Waals surface area contributed by atoms with Gasteiger partial charge >= 0.3 is 5.97 Å². The minimum atomic E-state index is -0.354. The highest BCUT2D eigenvalue weighted by Crippen LogP contribution is 2.10. The van der Waals surface area contributed by atoms with Crippen LogP contribution < -0.4 is 10.4 Å². The molecule has 0 radical (unpaired) electrons. The molecule has 3 atom stereocenters. The molecule has 0 aromatic heterocycles. The zero-order chi connectivity index (χ0) is 13.8. The Morgan fingerprint density at radius 3 is 2.68 bits per heavy atom. The third-order valence-corrected chi connectivity index (χ3v) is 3.64. The third-order valence-electron chi connectivity index (χ3n) is 3.64. The Morgan fingerprint density at radius 2 is 2.00 bits per heavy atom. The lowest BCUT2D eigenvalue weighted by atomic mass is 10.0. The molecule has 0 amide bonds. The monoisotopic (exact) mass is 261 g/mol. The molecule has 0 bridgehead atoms. The average molecular weight is 261 g/mol. The van der Waals surface area contributed by atoms with E-state index in [2.05, 4.69) is 32.5 Å². The van der Waals surface area contributed by atoms with Gasteiger partial charge in [0.15, 0.2) is 0 Å². The minimum Gasteiger partial charge on any atom is -0.338 e. The molecule has 4 heteroatoms. The van der Waals surface area contributed by atoms with Crippen LogP contribution >= 0.6 is 0 Å². The maximum Gasteiger partial charge on any atom is 0.362 e. The first kappa shape index (κ1) is 13.6. The first-order valence-corrected chi connectivity index (χ1v) is 6.64. The van der Waals surface area contributed by atoms with Gasteiger partial charge in [-0.3, -0.25) is 0 Å². The van der Waals surface area contributed by atoms with Crippen molar-refractivity contribution in [3.05, 3.63) is 47.7 Å². The molecule has 0 fully saturated rings. The average Bonchev–Trinajstić information content (AvgIpc) is 2.42. The maximum absolute atomic E-state index is 11.8. The number of hydrogen-bond acceptors (Lipinski definition) is 3. The number of carbonyl (C=O) groups is 1. The summed E-state index contributed by atoms with van der Waals surface area (Å²) in [6.07, 6.45) is 2.13. The van der Waals surface area contributed by atoms with E-state index in [-0.39, 0.29) is 5.97 Å². The molecule has 0 spiro atoms. The van der Waals surface area contributed by atoms with Gasteiger partial charge in [0.25, 0.3) is 0 Å². The van der Waals surface area contributed by atoms with Crippen LogP contribution in [0.2, 0.25) is 0 Å². The fourth-order valence-corrected chi connectivity index (χ4v) is 2.23. The van der Waals surface area contributed by atoms with Crippen LogP contribution in [0.25, 0.3) is 0 Å². The van der Waals surface area contributed by atoms with Gasteiger partial charge < -0.3 is 9.74 Å². The van der Waals surface area contributed by atoms with E-state index in [0.29, 0.717) is 17.5 Å². The van der Waals surface area contributed by atoms with E-state index in [1.807, 2.05) is 18.2 Å². The van der Waals surface area contributed by atoms with Gasteiger partial charge in [0.05, 0.1) is 24.9 Å². The molecule has 0 aliphatic carbocycles. The molecule has 1 heterocycles. The van der Waals surface area contributed by atoms with E-state index in [1.54, 1.807) is 12.1 Å². The van der Waals surface area contributed by atoms with Gasteiger partial charge in [-0.15, -0.1) is 0 Å². The van der Waals surface area contributed by atoms with Crippen LogP contribution in [0.5, 0.6) is 0 Å². The van der Waals surface area contributed by atoms with Crippen molar-refractivity contribution in [2.45, 2.75) is 19.9 Å². The van der Waals surface area contributed by atoms with Gasteiger partial charge in [0.2, 0.25) is 0 Å². The van der Waals surface area contributed by atoms with Crippen LogP contribution in [0.15, 0.2) is 42.1 Å². The summed E-state index contributed by atoms with van der Waals surface area (Å²) in [7, 11) is 2.17. The molecule has 0 saturated carbocycles. The number of rotatable bonds is 3. The molecular weight excluding hydrogens is 240 g/mol. The number of quaternary nitrogens is 1. The molecular formula is C15H21N2O2+. The molecule has 2 N–H and O–H groups in total. The predicted molar refractivity (Wildman–Crippen MR) is 73.5 cm³/mol. The molecule has 102 valence electrons. The molecule has 2 rings (SSSR count). The predicted octanol–water partition coefficient (Wildman–Crippen LogP) is 0.785. The van der Waals surface area contributed by atoms with Gasteiger partial charge in [0.1, 0.15) is 6.04 Å². The first-order valence-electron chi connectivity index (χ1n) is 6.64. The summed E-state index contributed by atoms with van der Waals surface area (Å²) >= 11 is 0. The topological polar surface area (TPSA) is 42.8 Å². The largest absolute Gasteiger partial charge is 0.362 e. The smallest absolute Gasteiger partial charge is 0.338 e. The number of likely N-dealkylation sites (N-methyl/N-ethyl adjacent to an activating group) is 1. The van der Waals surface area contributed by atoms with Crippen molar-refractivity contribution in [1.82, 2.24) is 5.48 Å². The lowest BCUT2D eigenvalue weighted by molar-refractivity contribution is -0.901. The number of hydroxylamine groups is 1. The summed E-state index contributed by atoms with van der Waals surface area (Å²) in [6, 6.07) is 9.41. The third kappa shape index (κ3) is 3.35. The van der Waals surface area contributed by atoms with Gasteiger partial charge in [-0.2, -0.15) is 0 Å². The lowest BCUT2D eigenvalue weighted by Gasteiger charge is -2.30. The summed E-state index contributed by atoms with van der Waals surface area (Å²) in [6.45, 7) is 5.31. The molecule has 0 saturated heterocycles. The molecule has 1 aliphatic heterocycles. The molecule has 1 aliphatic rings. The Balaban J connectivity index is 1.96. The van der Waals surface area contributed by atoms with Crippen molar-refractivity contribution in [3.8, 4) is 0 Å². The second-order valence-electron chi connectivity index (χ2n) is 5.22. The van der Waals surface area contributed by atoms with Crippen molar-refractivity contribution in [3.63, 3.8) is 0 Å². The minimum absolute atomic E-state index is 0.354. The Bertz CT molecular complexity index is 470. The Morgan fingerprint density at radius 1 is 1.32 bits per heavy atom. The molecule has 19 heavy (non-hydrogen) atoms. The second-order valence-corrected chi connectivity index (χ2v) is 5.22. The molecule has 1 aromatic carbocycles. The fraction of sp³-hybridized carbons (Fsp3) is 0.400. The zero-order valence-electron chi connectivity index (χ0n) is 11.6. The second kappa shape index (κ2) is 5.89. The zero-order valence-corrected chi connectivity index (χ0v) is 11.6.